The van der Waals surface area contributed by atoms with E-state index in [-0.39, 0.29) is 0 Å². The molecule has 186 valence electrons. The third kappa shape index (κ3) is 5.53. The zero-order valence-corrected chi connectivity index (χ0v) is 17.5. The molecule has 1 amide bonds. The van der Waals surface area contributed by atoms with Gasteiger partial charge in [-0.2, -0.15) is 0 Å². The first kappa shape index (κ1) is 26.8. The molecule has 7 unspecified atom stereocenters. The molecule has 14 nitrogen and oxygen atoms in total. The number of aliphatic hydroxyl groups is 7. The highest BCUT2D eigenvalue weighted by molar-refractivity contribution is 5.76. The lowest BCUT2D eigenvalue weighted by atomic mass is 9.88. The van der Waals surface area contributed by atoms with E-state index in [2.05, 4.69) is 5.32 Å². The monoisotopic (exact) mass is 469 g/mol. The van der Waals surface area contributed by atoms with E-state index in [1.807, 2.05) is 0 Å². The van der Waals surface area contributed by atoms with Crippen LogP contribution in [-0.4, -0.2) is 133 Å². The Morgan fingerprint density at radius 3 is 2.31 bits per heavy atom. The maximum atomic E-state index is 12.1. The highest BCUT2D eigenvalue weighted by atomic mass is 16.7. The summed E-state index contributed by atoms with van der Waals surface area (Å²) in [6, 6.07) is -1.35. The maximum Gasteiger partial charge on any atom is 0.364 e. The molecule has 2 saturated heterocycles. The smallest absolute Gasteiger partial charge is 0.364 e. The number of amides is 1. The van der Waals surface area contributed by atoms with Crippen LogP contribution in [0.5, 0.6) is 0 Å². The Balaban J connectivity index is 2.27. The molecule has 2 rings (SSSR count). The Kier molecular flexibility index (Phi) is 8.91. The molecule has 2 aliphatic rings. The number of aliphatic carboxylic acids is 1. The number of carboxylic acid groups (broad SMARTS) is 1. The van der Waals surface area contributed by atoms with Crippen molar-refractivity contribution in [1.82, 2.24) is 5.32 Å². The van der Waals surface area contributed by atoms with Gasteiger partial charge < -0.3 is 60.4 Å². The molecular weight excluding hydrogens is 438 g/mol. The van der Waals surface area contributed by atoms with E-state index in [1.54, 1.807) is 0 Å². The lowest BCUT2D eigenvalue weighted by Gasteiger charge is -2.47. The average molecular weight is 469 g/mol. The average Bonchev–Trinajstić information content (AvgIpc) is 2.73. The number of carbonyl (C=O) groups excluding carboxylic acids is 1. The van der Waals surface area contributed by atoms with Crippen LogP contribution in [0.15, 0.2) is 0 Å². The summed E-state index contributed by atoms with van der Waals surface area (Å²) in [7, 11) is 0. The SMILES string of the molecule is CC(=O)NC1C([C@H](O)[C@H](O)CO)O[C@@](OCC2OC(C)C(O)C(O)C2O)(C(=O)O)C[C@H]1O. The van der Waals surface area contributed by atoms with Gasteiger partial charge >= 0.3 is 5.97 Å². The Morgan fingerprint density at radius 1 is 1.16 bits per heavy atom. The quantitative estimate of drug-likeness (QED) is 0.162. The van der Waals surface area contributed by atoms with Gasteiger partial charge in [0.1, 0.15) is 42.7 Å². The minimum absolute atomic E-state index is 0.641. The molecule has 0 bridgehead atoms. The minimum Gasteiger partial charge on any atom is -0.477 e. The zero-order valence-electron chi connectivity index (χ0n) is 17.5. The van der Waals surface area contributed by atoms with Crippen LogP contribution in [-0.2, 0) is 23.8 Å². The normalized spacial score (nSPS) is 42.2. The van der Waals surface area contributed by atoms with Gasteiger partial charge in [0.2, 0.25) is 5.91 Å². The van der Waals surface area contributed by atoms with E-state index in [0.717, 1.165) is 6.92 Å². The van der Waals surface area contributed by atoms with E-state index in [9.17, 15) is 45.3 Å². The van der Waals surface area contributed by atoms with Crippen LogP contribution >= 0.6 is 0 Å². The summed E-state index contributed by atoms with van der Waals surface area (Å²) < 4.78 is 16.2. The molecule has 0 aliphatic carbocycles. The van der Waals surface area contributed by atoms with Gasteiger partial charge in [-0.25, -0.2) is 4.79 Å². The first-order valence-corrected chi connectivity index (χ1v) is 10.0. The number of nitrogens with one attached hydrogen (secondary N) is 1. The summed E-state index contributed by atoms with van der Waals surface area (Å²) in [5.74, 6) is -4.98. The van der Waals surface area contributed by atoms with Gasteiger partial charge in [0.15, 0.2) is 0 Å². The molecule has 2 heterocycles. The maximum absolute atomic E-state index is 12.1. The highest BCUT2D eigenvalue weighted by Crippen LogP contribution is 2.34. The summed E-state index contributed by atoms with van der Waals surface area (Å²) in [5.41, 5.74) is 0. The number of hydrogen-bond acceptors (Lipinski definition) is 12. The number of carboxylic acids is 1. The Morgan fingerprint density at radius 2 is 1.78 bits per heavy atom. The molecule has 0 radical (unpaired) electrons. The van der Waals surface area contributed by atoms with Gasteiger partial charge in [0.25, 0.3) is 5.79 Å². The van der Waals surface area contributed by atoms with E-state index in [0.29, 0.717) is 0 Å². The first-order valence-electron chi connectivity index (χ1n) is 10.0. The zero-order chi connectivity index (χ0) is 24.4. The van der Waals surface area contributed by atoms with E-state index >= 15 is 0 Å². The molecule has 2 fully saturated rings. The van der Waals surface area contributed by atoms with E-state index < -0.39 is 98.3 Å². The first-order chi connectivity index (χ1) is 14.8. The Labute approximate surface area is 182 Å². The van der Waals surface area contributed by atoms with Gasteiger partial charge in [0, 0.05) is 13.3 Å². The topological polar surface area (TPSA) is 236 Å². The number of hydrogen-bond donors (Lipinski definition) is 9. The van der Waals surface area contributed by atoms with Crippen molar-refractivity contribution in [2.75, 3.05) is 13.2 Å². The molecule has 11 atom stereocenters. The number of rotatable bonds is 8. The van der Waals surface area contributed by atoms with Crippen LogP contribution in [0.3, 0.4) is 0 Å². The van der Waals surface area contributed by atoms with Crippen molar-refractivity contribution >= 4 is 11.9 Å². The fraction of sp³-hybridized carbons (Fsp3) is 0.889. The van der Waals surface area contributed by atoms with Crippen LogP contribution in [0.1, 0.15) is 20.3 Å². The minimum atomic E-state index is -2.61. The summed E-state index contributed by atoms with van der Waals surface area (Å²) in [5, 5.41) is 81.7. The van der Waals surface area contributed by atoms with Gasteiger partial charge in [0.05, 0.1) is 31.5 Å². The Bertz CT molecular complexity index is 665. The predicted octanol–water partition coefficient (Wildman–Crippen LogP) is -4.98. The van der Waals surface area contributed by atoms with Crippen molar-refractivity contribution in [3.8, 4) is 0 Å². The second-order valence-electron chi connectivity index (χ2n) is 8.04. The van der Waals surface area contributed by atoms with Crippen LogP contribution < -0.4 is 5.32 Å². The van der Waals surface area contributed by atoms with Gasteiger partial charge in [-0.1, -0.05) is 0 Å². The largest absolute Gasteiger partial charge is 0.477 e. The van der Waals surface area contributed by atoms with Crippen molar-refractivity contribution in [3.63, 3.8) is 0 Å². The summed E-state index contributed by atoms with van der Waals surface area (Å²) in [4.78, 5) is 23.6. The highest BCUT2D eigenvalue weighted by Gasteiger charge is 2.56. The molecule has 9 N–H and O–H groups in total. The summed E-state index contributed by atoms with van der Waals surface area (Å²) in [6.45, 7) is 0.938. The molecular formula is C18H31NO13. The molecule has 2 aliphatic heterocycles. The second kappa shape index (κ2) is 10.6. The number of aliphatic hydroxyl groups excluding tert-OH is 7. The lowest BCUT2D eigenvalue weighted by Crippen LogP contribution is -2.68. The van der Waals surface area contributed by atoms with Crippen LogP contribution in [0.2, 0.25) is 0 Å². The van der Waals surface area contributed by atoms with Crippen LogP contribution in [0.4, 0.5) is 0 Å². The third-order valence-electron chi connectivity index (χ3n) is 5.62. The molecule has 0 spiro atoms. The predicted molar refractivity (Wildman–Crippen MR) is 101 cm³/mol. The summed E-state index contributed by atoms with van der Waals surface area (Å²) >= 11 is 0. The molecule has 0 saturated carbocycles. The fourth-order valence-corrected chi connectivity index (χ4v) is 3.77. The van der Waals surface area contributed by atoms with Gasteiger partial charge in [-0.3, -0.25) is 4.79 Å². The van der Waals surface area contributed by atoms with Gasteiger partial charge in [-0.05, 0) is 6.92 Å². The van der Waals surface area contributed by atoms with Crippen molar-refractivity contribution < 1.29 is 64.7 Å². The van der Waals surface area contributed by atoms with Crippen LogP contribution in [0, 0.1) is 0 Å². The fourth-order valence-electron chi connectivity index (χ4n) is 3.77. The van der Waals surface area contributed by atoms with Gasteiger partial charge in [-0.15, -0.1) is 0 Å². The molecule has 14 heteroatoms. The molecule has 0 aromatic heterocycles. The van der Waals surface area contributed by atoms with Crippen molar-refractivity contribution in [2.45, 2.75) is 87.0 Å². The summed E-state index contributed by atoms with van der Waals surface area (Å²) in [6.07, 6.45) is -14.6. The lowest BCUT2D eigenvalue weighted by molar-refractivity contribution is -0.324. The second-order valence-corrected chi connectivity index (χ2v) is 8.04. The van der Waals surface area contributed by atoms with Crippen molar-refractivity contribution in [2.24, 2.45) is 0 Å². The molecule has 0 aromatic carbocycles. The van der Waals surface area contributed by atoms with Crippen molar-refractivity contribution in [3.05, 3.63) is 0 Å². The van der Waals surface area contributed by atoms with Crippen LogP contribution in [0.25, 0.3) is 0 Å². The standard InChI is InChI=1S/C18H31NO13/c1-6-12(24)15(27)14(26)10(31-6)5-30-18(17(28)29)3-8(22)11(19-7(2)21)16(32-18)13(25)9(23)4-20/h6,8-16,20,22-27H,3-5H2,1-2H3,(H,19,21)(H,28,29)/t6?,8-,9-,10?,11?,12?,13-,14?,15?,16?,18-/m1/s1. The molecule has 0 aromatic rings. The molecule has 32 heavy (non-hydrogen) atoms. The Hall–Kier alpha value is -1.46. The number of carbonyl (C=O) groups is 2. The van der Waals surface area contributed by atoms with Crippen molar-refractivity contribution in [1.29, 1.82) is 0 Å². The third-order valence-corrected chi connectivity index (χ3v) is 5.62. The van der Waals surface area contributed by atoms with E-state index in [1.165, 1.54) is 6.92 Å². The number of ether oxygens (including phenoxy) is 3. The van der Waals surface area contributed by atoms with E-state index in [4.69, 9.17) is 19.3 Å².